The van der Waals surface area contributed by atoms with Gasteiger partial charge in [-0.3, -0.25) is 4.79 Å². The number of hydrogen-bond donors (Lipinski definition) is 2. The molecule has 0 amide bonds. The van der Waals surface area contributed by atoms with Crippen molar-refractivity contribution in [1.82, 2.24) is 0 Å². The molecule has 0 aliphatic heterocycles. The average molecular weight is 261 g/mol. The van der Waals surface area contributed by atoms with Crippen LogP contribution in [-0.4, -0.2) is 23.5 Å². The third-order valence-corrected chi connectivity index (χ3v) is 3.99. The predicted molar refractivity (Wildman–Crippen MR) is 76.3 cm³/mol. The summed E-state index contributed by atoms with van der Waals surface area (Å²) in [5, 5.41) is 8.87. The average Bonchev–Trinajstić information content (AvgIpc) is 2.48. The predicted octanol–water partition coefficient (Wildman–Crippen LogP) is 2.63. The molecular weight excluding hydrogens is 238 g/mol. The second-order valence-corrected chi connectivity index (χ2v) is 5.53. The maximum Gasteiger partial charge on any atom is 0.164 e. The molecule has 104 valence electrons. The summed E-state index contributed by atoms with van der Waals surface area (Å²) in [6.07, 6.45) is 6.73. The summed E-state index contributed by atoms with van der Waals surface area (Å²) in [5.74, 6) is 0.675. The van der Waals surface area contributed by atoms with Crippen molar-refractivity contribution in [2.75, 3.05) is 6.61 Å². The van der Waals surface area contributed by atoms with Gasteiger partial charge in [-0.1, -0.05) is 43.5 Å². The number of aliphatic hydroxyl groups is 1. The lowest BCUT2D eigenvalue weighted by Gasteiger charge is -2.22. The third kappa shape index (κ3) is 3.88. The van der Waals surface area contributed by atoms with Crippen LogP contribution in [0.4, 0.5) is 0 Å². The largest absolute Gasteiger partial charge is 0.395 e. The number of Topliss-reactive ketones (excluding diaryl/α,β-unsaturated/α-hetero) is 1. The van der Waals surface area contributed by atoms with Crippen molar-refractivity contribution in [2.24, 2.45) is 5.73 Å². The van der Waals surface area contributed by atoms with Gasteiger partial charge in [0.05, 0.1) is 6.61 Å². The molecule has 3 heteroatoms. The Morgan fingerprint density at radius 1 is 1.21 bits per heavy atom. The van der Waals surface area contributed by atoms with E-state index in [2.05, 4.69) is 12.1 Å². The van der Waals surface area contributed by atoms with Crippen LogP contribution in [0.2, 0.25) is 0 Å². The summed E-state index contributed by atoms with van der Waals surface area (Å²) in [6, 6.07) is 7.50. The fourth-order valence-electron chi connectivity index (χ4n) is 2.80. The lowest BCUT2D eigenvalue weighted by atomic mass is 9.84. The van der Waals surface area contributed by atoms with E-state index in [1.54, 1.807) is 0 Å². The minimum absolute atomic E-state index is 0.0109. The van der Waals surface area contributed by atoms with E-state index in [1.807, 2.05) is 12.1 Å². The molecule has 3 N–H and O–H groups in total. The number of ketones is 1. The molecule has 19 heavy (non-hydrogen) atoms. The van der Waals surface area contributed by atoms with Crippen LogP contribution in [0, 0.1) is 0 Å². The lowest BCUT2D eigenvalue weighted by molar-refractivity contribution is 0.0961. The van der Waals surface area contributed by atoms with Crippen molar-refractivity contribution >= 4 is 5.78 Å². The fraction of sp³-hybridized carbons (Fsp3) is 0.562. The van der Waals surface area contributed by atoms with Gasteiger partial charge in [-0.2, -0.15) is 0 Å². The molecular formula is C16H23NO2. The van der Waals surface area contributed by atoms with Gasteiger partial charge in [-0.05, 0) is 24.3 Å². The topological polar surface area (TPSA) is 63.3 Å². The van der Waals surface area contributed by atoms with E-state index >= 15 is 0 Å². The Labute approximate surface area is 114 Å². The van der Waals surface area contributed by atoms with Gasteiger partial charge in [0.15, 0.2) is 5.78 Å². The molecule has 1 saturated carbocycles. The van der Waals surface area contributed by atoms with E-state index in [-0.39, 0.29) is 18.8 Å². The van der Waals surface area contributed by atoms with E-state index in [1.165, 1.54) is 37.7 Å². The molecule has 0 heterocycles. The van der Waals surface area contributed by atoms with Crippen molar-refractivity contribution in [3.63, 3.8) is 0 Å². The van der Waals surface area contributed by atoms with Gasteiger partial charge in [-0.15, -0.1) is 0 Å². The fourth-order valence-corrected chi connectivity index (χ4v) is 2.80. The summed E-state index contributed by atoms with van der Waals surface area (Å²) in [7, 11) is 0. The van der Waals surface area contributed by atoms with Crippen LogP contribution in [-0.2, 0) is 0 Å². The molecule has 2 rings (SSSR count). The zero-order chi connectivity index (χ0) is 13.7. The van der Waals surface area contributed by atoms with Gasteiger partial charge in [0.2, 0.25) is 0 Å². The molecule has 1 aromatic carbocycles. The molecule has 0 saturated heterocycles. The number of aliphatic hydroxyl groups excluding tert-OH is 1. The number of benzene rings is 1. The van der Waals surface area contributed by atoms with Gasteiger partial charge in [0.25, 0.3) is 0 Å². The monoisotopic (exact) mass is 261 g/mol. The van der Waals surface area contributed by atoms with Crippen molar-refractivity contribution in [3.05, 3.63) is 35.4 Å². The molecule has 0 radical (unpaired) electrons. The number of nitrogens with two attached hydrogens (primary N) is 1. The van der Waals surface area contributed by atoms with Crippen molar-refractivity contribution in [2.45, 2.75) is 50.5 Å². The Kier molecular flexibility index (Phi) is 5.11. The Bertz CT molecular complexity index is 407. The van der Waals surface area contributed by atoms with Gasteiger partial charge in [0.1, 0.15) is 0 Å². The molecule has 0 bridgehead atoms. The molecule has 1 aromatic rings. The molecule has 1 aliphatic carbocycles. The minimum Gasteiger partial charge on any atom is -0.395 e. The Morgan fingerprint density at radius 2 is 1.84 bits per heavy atom. The standard InChI is InChI=1S/C16H23NO2/c17-15(11-18)10-16(19)14-8-6-13(7-9-14)12-4-2-1-3-5-12/h6-9,12,15,18H,1-5,10-11,17H2. The van der Waals surface area contributed by atoms with Crippen LogP contribution in [0.1, 0.15) is 60.4 Å². The number of carbonyl (C=O) groups is 1. The number of hydrogen-bond acceptors (Lipinski definition) is 3. The van der Waals surface area contributed by atoms with E-state index in [0.717, 1.165) is 0 Å². The normalized spacial score (nSPS) is 18.2. The lowest BCUT2D eigenvalue weighted by Crippen LogP contribution is -2.27. The summed E-state index contributed by atoms with van der Waals surface area (Å²) >= 11 is 0. The first-order valence-corrected chi connectivity index (χ1v) is 7.20. The van der Waals surface area contributed by atoms with Crippen molar-refractivity contribution in [1.29, 1.82) is 0 Å². The van der Waals surface area contributed by atoms with E-state index in [9.17, 15) is 4.79 Å². The highest BCUT2D eigenvalue weighted by Crippen LogP contribution is 2.32. The Balaban J connectivity index is 1.99. The highest BCUT2D eigenvalue weighted by atomic mass is 16.3. The highest BCUT2D eigenvalue weighted by Gasteiger charge is 2.16. The quantitative estimate of drug-likeness (QED) is 0.801. The Morgan fingerprint density at radius 3 is 2.42 bits per heavy atom. The van der Waals surface area contributed by atoms with Crippen LogP contribution in [0.15, 0.2) is 24.3 Å². The van der Waals surface area contributed by atoms with E-state index in [4.69, 9.17) is 10.8 Å². The van der Waals surface area contributed by atoms with Gasteiger partial charge in [-0.25, -0.2) is 0 Å². The summed E-state index contributed by atoms with van der Waals surface area (Å²) in [5.41, 5.74) is 7.63. The minimum atomic E-state index is -0.453. The number of carbonyl (C=O) groups excluding carboxylic acids is 1. The summed E-state index contributed by atoms with van der Waals surface area (Å²) in [6.45, 7) is -0.147. The molecule has 1 unspecified atom stereocenters. The Hall–Kier alpha value is -1.19. The first kappa shape index (κ1) is 14.2. The van der Waals surface area contributed by atoms with Gasteiger partial charge in [0, 0.05) is 18.0 Å². The van der Waals surface area contributed by atoms with Crippen molar-refractivity contribution < 1.29 is 9.90 Å². The van der Waals surface area contributed by atoms with Crippen LogP contribution in [0.3, 0.4) is 0 Å². The summed E-state index contributed by atoms with van der Waals surface area (Å²) in [4.78, 5) is 11.9. The molecule has 1 aliphatic rings. The first-order valence-electron chi connectivity index (χ1n) is 7.20. The van der Waals surface area contributed by atoms with E-state index in [0.29, 0.717) is 11.5 Å². The second-order valence-electron chi connectivity index (χ2n) is 5.53. The molecule has 0 aromatic heterocycles. The highest BCUT2D eigenvalue weighted by molar-refractivity contribution is 5.96. The SMILES string of the molecule is NC(CO)CC(=O)c1ccc(C2CCCCC2)cc1. The first-order chi connectivity index (χ1) is 9.20. The zero-order valence-electron chi connectivity index (χ0n) is 11.3. The van der Waals surface area contributed by atoms with Crippen molar-refractivity contribution in [3.8, 4) is 0 Å². The molecule has 3 nitrogen and oxygen atoms in total. The molecule has 1 atom stereocenters. The van der Waals surface area contributed by atoms with Gasteiger partial charge < -0.3 is 10.8 Å². The third-order valence-electron chi connectivity index (χ3n) is 3.99. The maximum atomic E-state index is 11.9. The van der Waals surface area contributed by atoms with E-state index < -0.39 is 6.04 Å². The number of rotatable bonds is 5. The maximum absolute atomic E-state index is 11.9. The van der Waals surface area contributed by atoms with Crippen LogP contribution in [0.5, 0.6) is 0 Å². The van der Waals surface area contributed by atoms with Crippen LogP contribution < -0.4 is 5.73 Å². The zero-order valence-corrected chi connectivity index (χ0v) is 11.3. The smallest absolute Gasteiger partial charge is 0.164 e. The van der Waals surface area contributed by atoms with Crippen LogP contribution >= 0.6 is 0 Å². The summed E-state index contributed by atoms with van der Waals surface area (Å²) < 4.78 is 0. The molecule has 0 spiro atoms. The second kappa shape index (κ2) is 6.83. The van der Waals surface area contributed by atoms with Crippen LogP contribution in [0.25, 0.3) is 0 Å². The van der Waals surface area contributed by atoms with Gasteiger partial charge >= 0.3 is 0 Å². The molecule has 1 fully saturated rings.